The number of hydrogen-bond acceptors (Lipinski definition) is 4. The van der Waals surface area contributed by atoms with E-state index in [9.17, 15) is 4.79 Å². The van der Waals surface area contributed by atoms with Gasteiger partial charge in [0.2, 0.25) is 0 Å². The smallest absolute Gasteiger partial charge is 0.319 e. The van der Waals surface area contributed by atoms with Crippen molar-refractivity contribution in [2.24, 2.45) is 17.3 Å². The van der Waals surface area contributed by atoms with Crippen molar-refractivity contribution in [2.75, 3.05) is 20.8 Å². The highest BCUT2D eigenvalue weighted by Crippen LogP contribution is 2.60. The standard InChI is InChI=1S/C22H31NO3/c1-22-11-10-17-16-7-5-15(25-2)12-14(16)4-6-18(17)19(22)8-9-20(22)23-13-21(24)26-3/h5,7,12,17-20,23H,4,6,8-11,13H2,1-3H3/t17-,18-,19+,20+,22+/m1/s1. The first-order valence-electron chi connectivity index (χ1n) is 10.0. The predicted molar refractivity (Wildman–Crippen MR) is 101 cm³/mol. The average Bonchev–Trinajstić information content (AvgIpc) is 3.01. The fraction of sp³-hybridized carbons (Fsp3) is 0.682. The Morgan fingerprint density at radius 2 is 2.08 bits per heavy atom. The van der Waals surface area contributed by atoms with E-state index < -0.39 is 0 Å². The first-order valence-corrected chi connectivity index (χ1v) is 10.0. The van der Waals surface area contributed by atoms with E-state index in [1.807, 2.05) is 0 Å². The molecule has 3 aliphatic carbocycles. The van der Waals surface area contributed by atoms with Crippen LogP contribution in [0.5, 0.6) is 5.75 Å². The zero-order valence-electron chi connectivity index (χ0n) is 16.2. The van der Waals surface area contributed by atoms with E-state index in [1.165, 1.54) is 51.2 Å². The number of rotatable bonds is 4. The summed E-state index contributed by atoms with van der Waals surface area (Å²) in [6.07, 6.45) is 7.41. The van der Waals surface area contributed by atoms with E-state index in [0.29, 0.717) is 23.9 Å². The SMILES string of the molecule is COC(=O)CN[C@H]1CC[C@H]2[C@@H]3CCc4cc(OC)ccc4[C@H]3CC[C@]12C. The van der Waals surface area contributed by atoms with Crippen LogP contribution in [0, 0.1) is 17.3 Å². The minimum Gasteiger partial charge on any atom is -0.497 e. The van der Waals surface area contributed by atoms with Crippen molar-refractivity contribution in [3.8, 4) is 5.75 Å². The average molecular weight is 357 g/mol. The zero-order chi connectivity index (χ0) is 18.3. The summed E-state index contributed by atoms with van der Waals surface area (Å²) in [5.74, 6) is 3.05. The summed E-state index contributed by atoms with van der Waals surface area (Å²) >= 11 is 0. The number of aryl methyl sites for hydroxylation is 1. The molecular formula is C22H31NO3. The number of benzene rings is 1. The molecule has 3 aliphatic rings. The second-order valence-electron chi connectivity index (χ2n) is 8.61. The third-order valence-electron chi connectivity index (χ3n) is 7.65. The molecule has 1 aromatic rings. The van der Waals surface area contributed by atoms with Crippen molar-refractivity contribution in [3.63, 3.8) is 0 Å². The highest BCUT2D eigenvalue weighted by atomic mass is 16.5. The van der Waals surface area contributed by atoms with Gasteiger partial charge in [-0.25, -0.2) is 0 Å². The highest BCUT2D eigenvalue weighted by Gasteiger charge is 2.54. The van der Waals surface area contributed by atoms with Crippen LogP contribution in [-0.2, 0) is 16.0 Å². The number of fused-ring (bicyclic) bond motifs is 5. The molecule has 4 nitrogen and oxygen atoms in total. The summed E-state index contributed by atoms with van der Waals surface area (Å²) in [6.45, 7) is 2.79. The van der Waals surface area contributed by atoms with Gasteiger partial charge in [-0.3, -0.25) is 4.79 Å². The Bertz CT molecular complexity index is 688. The summed E-state index contributed by atoms with van der Waals surface area (Å²) in [5.41, 5.74) is 3.36. The van der Waals surface area contributed by atoms with Crippen molar-refractivity contribution < 1.29 is 14.3 Å². The minimum atomic E-state index is -0.161. The lowest BCUT2D eigenvalue weighted by atomic mass is 9.55. The van der Waals surface area contributed by atoms with Gasteiger partial charge < -0.3 is 14.8 Å². The van der Waals surface area contributed by atoms with Crippen molar-refractivity contribution in [1.29, 1.82) is 0 Å². The molecule has 26 heavy (non-hydrogen) atoms. The Morgan fingerprint density at radius 1 is 1.23 bits per heavy atom. The van der Waals surface area contributed by atoms with Gasteiger partial charge in [-0.05, 0) is 85.0 Å². The van der Waals surface area contributed by atoms with Gasteiger partial charge in [-0.15, -0.1) is 0 Å². The van der Waals surface area contributed by atoms with E-state index in [-0.39, 0.29) is 5.97 Å². The van der Waals surface area contributed by atoms with Gasteiger partial charge in [0.15, 0.2) is 0 Å². The second kappa shape index (κ2) is 6.88. The molecule has 2 saturated carbocycles. The first-order chi connectivity index (χ1) is 12.6. The van der Waals surface area contributed by atoms with Gasteiger partial charge in [0.1, 0.15) is 5.75 Å². The van der Waals surface area contributed by atoms with E-state index in [4.69, 9.17) is 9.47 Å². The Kier molecular flexibility index (Phi) is 4.72. The largest absolute Gasteiger partial charge is 0.497 e. The lowest BCUT2D eigenvalue weighted by Gasteiger charge is -2.51. The molecule has 0 aliphatic heterocycles. The number of esters is 1. The zero-order valence-corrected chi connectivity index (χ0v) is 16.2. The van der Waals surface area contributed by atoms with Crippen LogP contribution in [0.2, 0.25) is 0 Å². The number of methoxy groups -OCH3 is 2. The summed E-state index contributed by atoms with van der Waals surface area (Å²) in [5, 5.41) is 3.51. The molecule has 0 radical (unpaired) electrons. The van der Waals surface area contributed by atoms with Crippen molar-refractivity contribution >= 4 is 5.97 Å². The van der Waals surface area contributed by atoms with Crippen LogP contribution in [0.4, 0.5) is 0 Å². The van der Waals surface area contributed by atoms with Crippen LogP contribution >= 0.6 is 0 Å². The number of hydrogen-bond donors (Lipinski definition) is 1. The summed E-state index contributed by atoms with van der Waals surface area (Å²) in [7, 11) is 3.21. The molecule has 0 amide bonds. The van der Waals surface area contributed by atoms with Crippen LogP contribution in [0.25, 0.3) is 0 Å². The van der Waals surface area contributed by atoms with Crippen LogP contribution in [0.3, 0.4) is 0 Å². The van der Waals surface area contributed by atoms with Gasteiger partial charge >= 0.3 is 5.97 Å². The summed E-state index contributed by atoms with van der Waals surface area (Å²) in [6, 6.07) is 7.12. The van der Waals surface area contributed by atoms with Gasteiger partial charge in [-0.2, -0.15) is 0 Å². The van der Waals surface area contributed by atoms with Gasteiger partial charge in [0, 0.05) is 6.04 Å². The molecular weight excluding hydrogens is 326 g/mol. The Morgan fingerprint density at radius 3 is 2.85 bits per heavy atom. The summed E-state index contributed by atoms with van der Waals surface area (Å²) < 4.78 is 10.2. The van der Waals surface area contributed by atoms with Crippen molar-refractivity contribution in [3.05, 3.63) is 29.3 Å². The summed E-state index contributed by atoms with van der Waals surface area (Å²) in [4.78, 5) is 11.6. The van der Waals surface area contributed by atoms with E-state index in [2.05, 4.69) is 30.4 Å². The van der Waals surface area contributed by atoms with Gasteiger partial charge in [-0.1, -0.05) is 13.0 Å². The molecule has 1 N–H and O–H groups in total. The lowest BCUT2D eigenvalue weighted by Crippen LogP contribution is -2.49. The fourth-order valence-electron chi connectivity index (χ4n) is 6.30. The Balaban J connectivity index is 1.53. The van der Waals surface area contributed by atoms with Crippen LogP contribution in [-0.4, -0.2) is 32.8 Å². The molecule has 0 unspecified atom stereocenters. The number of ether oxygens (including phenoxy) is 2. The monoisotopic (exact) mass is 357 g/mol. The normalized spacial score (nSPS) is 35.2. The molecule has 0 aromatic heterocycles. The maximum Gasteiger partial charge on any atom is 0.319 e. The molecule has 0 heterocycles. The molecule has 1 aromatic carbocycles. The third kappa shape index (κ3) is 2.83. The lowest BCUT2D eigenvalue weighted by molar-refractivity contribution is -0.139. The highest BCUT2D eigenvalue weighted by molar-refractivity contribution is 5.71. The van der Waals surface area contributed by atoms with Crippen molar-refractivity contribution in [2.45, 2.75) is 57.4 Å². The Hall–Kier alpha value is -1.55. The van der Waals surface area contributed by atoms with E-state index in [0.717, 1.165) is 17.6 Å². The van der Waals surface area contributed by atoms with E-state index >= 15 is 0 Å². The van der Waals surface area contributed by atoms with Crippen LogP contribution < -0.4 is 10.1 Å². The van der Waals surface area contributed by atoms with Crippen LogP contribution in [0.1, 0.15) is 56.1 Å². The van der Waals surface area contributed by atoms with Crippen LogP contribution in [0.15, 0.2) is 18.2 Å². The molecule has 0 saturated heterocycles. The maximum absolute atomic E-state index is 11.6. The molecule has 2 fully saturated rings. The quantitative estimate of drug-likeness (QED) is 0.835. The predicted octanol–water partition coefficient (Wildman–Crippen LogP) is 3.68. The maximum atomic E-state index is 11.6. The topological polar surface area (TPSA) is 47.6 Å². The second-order valence-corrected chi connectivity index (χ2v) is 8.61. The molecule has 0 spiro atoms. The van der Waals surface area contributed by atoms with Crippen molar-refractivity contribution in [1.82, 2.24) is 5.32 Å². The number of carbonyl (C=O) groups is 1. The molecule has 0 bridgehead atoms. The number of nitrogens with one attached hydrogen (secondary N) is 1. The molecule has 142 valence electrons. The molecule has 5 atom stereocenters. The minimum absolute atomic E-state index is 0.161. The molecule has 4 rings (SSSR count). The Labute approximate surface area is 156 Å². The fourth-order valence-corrected chi connectivity index (χ4v) is 6.30. The van der Waals surface area contributed by atoms with Gasteiger partial charge in [0.25, 0.3) is 0 Å². The third-order valence-corrected chi connectivity index (χ3v) is 7.65. The van der Waals surface area contributed by atoms with E-state index in [1.54, 1.807) is 12.7 Å². The number of carbonyl (C=O) groups excluding carboxylic acids is 1. The first kappa shape index (κ1) is 17.8. The van der Waals surface area contributed by atoms with Gasteiger partial charge in [0.05, 0.1) is 20.8 Å². The molecule has 4 heteroatoms.